The van der Waals surface area contributed by atoms with Crippen LogP contribution in [0.25, 0.3) is 6.08 Å². The molecule has 2 aromatic rings. The van der Waals surface area contributed by atoms with Crippen LogP contribution in [-0.4, -0.2) is 5.91 Å². The van der Waals surface area contributed by atoms with E-state index in [2.05, 4.69) is 5.32 Å². The van der Waals surface area contributed by atoms with Gasteiger partial charge in [0.15, 0.2) is 0 Å². The Bertz CT molecular complexity index is 556. The summed E-state index contributed by atoms with van der Waals surface area (Å²) >= 11 is 0. The van der Waals surface area contributed by atoms with Crippen LogP contribution in [0.15, 0.2) is 60.7 Å². The van der Waals surface area contributed by atoms with Crippen LogP contribution in [-0.2, 0) is 11.3 Å². The van der Waals surface area contributed by atoms with Gasteiger partial charge >= 0.3 is 0 Å². The van der Waals surface area contributed by atoms with Crippen LogP contribution in [0.1, 0.15) is 16.7 Å². The van der Waals surface area contributed by atoms with Crippen molar-refractivity contribution in [3.63, 3.8) is 0 Å². The van der Waals surface area contributed by atoms with Gasteiger partial charge in [0.1, 0.15) is 0 Å². The SMILES string of the molecule is Cc1ccc(/C=C/C(=O)NCc2ccccc2)cc1. The largest absolute Gasteiger partial charge is 0.348 e. The molecular weight excluding hydrogens is 234 g/mol. The second-order valence-corrected chi connectivity index (χ2v) is 4.45. The number of benzene rings is 2. The number of carbonyl (C=O) groups excluding carboxylic acids is 1. The molecule has 96 valence electrons. The van der Waals surface area contributed by atoms with Crippen molar-refractivity contribution in [2.45, 2.75) is 13.5 Å². The Labute approximate surface area is 113 Å². The smallest absolute Gasteiger partial charge is 0.244 e. The maximum atomic E-state index is 11.7. The summed E-state index contributed by atoms with van der Waals surface area (Å²) in [5, 5.41) is 2.85. The van der Waals surface area contributed by atoms with Crippen LogP contribution in [0.2, 0.25) is 0 Å². The molecule has 2 nitrogen and oxygen atoms in total. The Hall–Kier alpha value is -2.35. The predicted octanol–water partition coefficient (Wildman–Crippen LogP) is 3.32. The number of amides is 1. The first kappa shape index (κ1) is 13.1. The normalized spacial score (nSPS) is 10.6. The van der Waals surface area contributed by atoms with Gasteiger partial charge in [-0.25, -0.2) is 0 Å². The highest BCUT2D eigenvalue weighted by Crippen LogP contribution is 2.04. The number of nitrogens with one attached hydrogen (secondary N) is 1. The minimum Gasteiger partial charge on any atom is -0.348 e. The number of hydrogen-bond acceptors (Lipinski definition) is 1. The Kier molecular flexibility index (Phi) is 4.51. The highest BCUT2D eigenvalue weighted by Gasteiger charge is 1.96. The minimum absolute atomic E-state index is 0.0792. The maximum absolute atomic E-state index is 11.7. The lowest BCUT2D eigenvalue weighted by molar-refractivity contribution is -0.116. The van der Waals surface area contributed by atoms with E-state index in [-0.39, 0.29) is 5.91 Å². The summed E-state index contributed by atoms with van der Waals surface area (Å²) in [6.45, 7) is 2.60. The third kappa shape index (κ3) is 4.43. The highest BCUT2D eigenvalue weighted by atomic mass is 16.1. The first-order valence-corrected chi connectivity index (χ1v) is 6.30. The summed E-state index contributed by atoms with van der Waals surface area (Å²) in [6, 6.07) is 17.9. The molecule has 0 radical (unpaired) electrons. The fourth-order valence-electron chi connectivity index (χ4n) is 1.69. The summed E-state index contributed by atoms with van der Waals surface area (Å²) in [5.41, 5.74) is 3.34. The van der Waals surface area contributed by atoms with Crippen molar-refractivity contribution in [2.75, 3.05) is 0 Å². The molecule has 0 aliphatic heterocycles. The van der Waals surface area contributed by atoms with E-state index in [0.29, 0.717) is 6.54 Å². The summed E-state index contributed by atoms with van der Waals surface area (Å²) in [7, 11) is 0. The molecule has 1 amide bonds. The van der Waals surface area contributed by atoms with E-state index >= 15 is 0 Å². The topological polar surface area (TPSA) is 29.1 Å². The van der Waals surface area contributed by atoms with Crippen LogP contribution in [0, 0.1) is 6.92 Å². The average Bonchev–Trinajstić information content (AvgIpc) is 2.45. The van der Waals surface area contributed by atoms with E-state index in [0.717, 1.165) is 11.1 Å². The lowest BCUT2D eigenvalue weighted by Crippen LogP contribution is -2.20. The Morgan fingerprint density at radius 1 is 1.05 bits per heavy atom. The Balaban J connectivity index is 1.86. The molecule has 0 bridgehead atoms. The molecule has 0 fully saturated rings. The molecule has 0 saturated heterocycles. The zero-order valence-corrected chi connectivity index (χ0v) is 11.0. The quantitative estimate of drug-likeness (QED) is 0.830. The molecular formula is C17H17NO. The van der Waals surface area contributed by atoms with Gasteiger partial charge in [-0.2, -0.15) is 0 Å². The third-order valence-corrected chi connectivity index (χ3v) is 2.81. The van der Waals surface area contributed by atoms with Gasteiger partial charge in [0.05, 0.1) is 0 Å². The van der Waals surface area contributed by atoms with Gasteiger partial charge in [-0.1, -0.05) is 60.2 Å². The first-order valence-electron chi connectivity index (χ1n) is 6.30. The molecule has 0 spiro atoms. The molecule has 2 heteroatoms. The molecule has 0 aliphatic carbocycles. The van der Waals surface area contributed by atoms with Gasteiger partial charge in [0, 0.05) is 12.6 Å². The molecule has 2 aromatic carbocycles. The van der Waals surface area contributed by atoms with Crippen molar-refractivity contribution in [1.29, 1.82) is 0 Å². The van der Waals surface area contributed by atoms with Crippen molar-refractivity contribution in [2.24, 2.45) is 0 Å². The fourth-order valence-corrected chi connectivity index (χ4v) is 1.69. The van der Waals surface area contributed by atoms with Gasteiger partial charge in [-0.05, 0) is 24.1 Å². The van der Waals surface area contributed by atoms with Crippen LogP contribution < -0.4 is 5.32 Å². The van der Waals surface area contributed by atoms with Crippen molar-refractivity contribution in [3.8, 4) is 0 Å². The summed E-state index contributed by atoms with van der Waals surface area (Å²) < 4.78 is 0. The molecule has 1 N–H and O–H groups in total. The van der Waals surface area contributed by atoms with Gasteiger partial charge in [-0.15, -0.1) is 0 Å². The second kappa shape index (κ2) is 6.55. The number of hydrogen-bond donors (Lipinski definition) is 1. The second-order valence-electron chi connectivity index (χ2n) is 4.45. The van der Waals surface area contributed by atoms with Crippen LogP contribution in [0.5, 0.6) is 0 Å². The number of carbonyl (C=O) groups is 1. The van der Waals surface area contributed by atoms with Crippen LogP contribution >= 0.6 is 0 Å². The molecule has 0 unspecified atom stereocenters. The third-order valence-electron chi connectivity index (χ3n) is 2.81. The van der Waals surface area contributed by atoms with E-state index in [1.54, 1.807) is 6.08 Å². The number of rotatable bonds is 4. The highest BCUT2D eigenvalue weighted by molar-refractivity contribution is 5.91. The standard InChI is InChI=1S/C17H17NO/c1-14-7-9-15(10-8-14)11-12-17(19)18-13-16-5-3-2-4-6-16/h2-12H,13H2,1H3,(H,18,19)/b12-11+. The van der Waals surface area contributed by atoms with E-state index in [4.69, 9.17) is 0 Å². The Morgan fingerprint density at radius 2 is 1.74 bits per heavy atom. The van der Waals surface area contributed by atoms with Crippen molar-refractivity contribution in [3.05, 3.63) is 77.4 Å². The monoisotopic (exact) mass is 251 g/mol. The number of aryl methyl sites for hydroxylation is 1. The van der Waals surface area contributed by atoms with Gasteiger partial charge in [0.2, 0.25) is 5.91 Å². The van der Waals surface area contributed by atoms with Gasteiger partial charge in [0.25, 0.3) is 0 Å². The molecule has 0 aromatic heterocycles. The molecule has 0 saturated carbocycles. The van der Waals surface area contributed by atoms with E-state index in [9.17, 15) is 4.79 Å². The zero-order chi connectivity index (χ0) is 13.5. The van der Waals surface area contributed by atoms with Crippen molar-refractivity contribution >= 4 is 12.0 Å². The molecule has 0 aliphatic rings. The summed E-state index contributed by atoms with van der Waals surface area (Å²) in [5.74, 6) is -0.0792. The zero-order valence-electron chi connectivity index (χ0n) is 11.0. The summed E-state index contributed by atoms with van der Waals surface area (Å²) in [6.07, 6.45) is 3.38. The molecule has 19 heavy (non-hydrogen) atoms. The van der Waals surface area contributed by atoms with Crippen molar-refractivity contribution < 1.29 is 4.79 Å². The average molecular weight is 251 g/mol. The van der Waals surface area contributed by atoms with Gasteiger partial charge in [-0.3, -0.25) is 4.79 Å². The predicted molar refractivity (Wildman–Crippen MR) is 78.5 cm³/mol. The van der Waals surface area contributed by atoms with E-state index in [1.165, 1.54) is 5.56 Å². The molecule has 0 atom stereocenters. The van der Waals surface area contributed by atoms with Crippen LogP contribution in [0.4, 0.5) is 0 Å². The van der Waals surface area contributed by atoms with Crippen LogP contribution in [0.3, 0.4) is 0 Å². The Morgan fingerprint density at radius 3 is 2.42 bits per heavy atom. The minimum atomic E-state index is -0.0792. The van der Waals surface area contributed by atoms with E-state index in [1.807, 2.05) is 67.6 Å². The maximum Gasteiger partial charge on any atom is 0.244 e. The van der Waals surface area contributed by atoms with Crippen molar-refractivity contribution in [1.82, 2.24) is 5.32 Å². The van der Waals surface area contributed by atoms with E-state index < -0.39 is 0 Å². The molecule has 2 rings (SSSR count). The summed E-state index contributed by atoms with van der Waals surface area (Å²) in [4.78, 5) is 11.7. The lowest BCUT2D eigenvalue weighted by atomic mass is 10.1. The lowest BCUT2D eigenvalue weighted by Gasteiger charge is -2.01. The first-order chi connectivity index (χ1) is 9.24. The van der Waals surface area contributed by atoms with Gasteiger partial charge < -0.3 is 5.32 Å². The fraction of sp³-hybridized carbons (Fsp3) is 0.118. The molecule has 0 heterocycles.